The Labute approximate surface area is 142 Å². The molecule has 132 valence electrons. The Morgan fingerprint density at radius 3 is 2.54 bits per heavy atom. The van der Waals surface area contributed by atoms with Gasteiger partial charge in [-0.05, 0) is 51.9 Å². The van der Waals surface area contributed by atoms with E-state index in [2.05, 4.69) is 10.4 Å². The van der Waals surface area contributed by atoms with E-state index < -0.39 is 0 Å². The minimum Gasteiger partial charge on any atom is -0.469 e. The van der Waals surface area contributed by atoms with Gasteiger partial charge in [0, 0.05) is 24.3 Å². The van der Waals surface area contributed by atoms with E-state index in [1.165, 1.54) is 7.11 Å². The number of methoxy groups -OCH3 is 1. The first-order valence-electron chi connectivity index (χ1n) is 8.73. The maximum Gasteiger partial charge on any atom is 0.311 e. The lowest BCUT2D eigenvalue weighted by Gasteiger charge is -2.30. The highest BCUT2D eigenvalue weighted by molar-refractivity contribution is 5.85. The zero-order valence-corrected chi connectivity index (χ0v) is 15.1. The van der Waals surface area contributed by atoms with E-state index in [1.807, 2.05) is 32.5 Å². The van der Waals surface area contributed by atoms with E-state index in [-0.39, 0.29) is 29.8 Å². The van der Waals surface area contributed by atoms with Crippen LogP contribution < -0.4 is 5.32 Å². The highest BCUT2D eigenvalue weighted by Gasteiger charge is 2.52. The van der Waals surface area contributed by atoms with Crippen LogP contribution in [0.3, 0.4) is 0 Å². The summed E-state index contributed by atoms with van der Waals surface area (Å²) in [4.78, 5) is 25.0. The molecule has 0 unspecified atom stereocenters. The number of nitrogens with one attached hydrogen (secondary N) is 1. The fourth-order valence-electron chi connectivity index (χ4n) is 4.81. The molecular weight excluding hydrogens is 306 g/mol. The molecule has 1 aromatic heterocycles. The number of fused-ring (bicyclic) bond motifs is 2. The zero-order valence-electron chi connectivity index (χ0n) is 15.1. The average molecular weight is 333 g/mol. The summed E-state index contributed by atoms with van der Waals surface area (Å²) in [5.41, 5.74) is 2.87. The van der Waals surface area contributed by atoms with Crippen molar-refractivity contribution in [3.63, 3.8) is 0 Å². The van der Waals surface area contributed by atoms with Crippen molar-refractivity contribution in [2.75, 3.05) is 7.11 Å². The second-order valence-electron chi connectivity index (χ2n) is 7.35. The van der Waals surface area contributed by atoms with Gasteiger partial charge in [0.1, 0.15) is 0 Å². The van der Waals surface area contributed by atoms with Crippen LogP contribution in [0.2, 0.25) is 0 Å². The molecule has 0 spiro atoms. The number of hydrogen-bond acceptors (Lipinski definition) is 4. The van der Waals surface area contributed by atoms with E-state index in [1.54, 1.807) is 0 Å². The normalized spacial score (nSPS) is 29.5. The third-order valence-electron chi connectivity index (χ3n) is 6.09. The number of aromatic nitrogens is 2. The molecule has 1 N–H and O–H groups in total. The van der Waals surface area contributed by atoms with Gasteiger partial charge in [-0.3, -0.25) is 14.3 Å². The number of ether oxygens (including phenoxy) is 1. The number of carbonyl (C=O) groups is 2. The van der Waals surface area contributed by atoms with Crippen LogP contribution in [-0.2, 0) is 21.4 Å². The molecule has 5 atom stereocenters. The summed E-state index contributed by atoms with van der Waals surface area (Å²) >= 11 is 0. The summed E-state index contributed by atoms with van der Waals surface area (Å²) < 4.78 is 6.79. The Bertz CT molecular complexity index is 667. The van der Waals surface area contributed by atoms with Crippen molar-refractivity contribution in [2.45, 2.75) is 52.0 Å². The Morgan fingerprint density at radius 1 is 1.29 bits per heavy atom. The fourth-order valence-corrected chi connectivity index (χ4v) is 4.81. The summed E-state index contributed by atoms with van der Waals surface area (Å²) in [5.74, 6) is 0.0583. The van der Waals surface area contributed by atoms with Gasteiger partial charge in [0.05, 0.1) is 24.6 Å². The predicted molar refractivity (Wildman–Crippen MR) is 89.4 cm³/mol. The molecule has 0 saturated heterocycles. The first-order valence-corrected chi connectivity index (χ1v) is 8.73. The maximum absolute atomic E-state index is 12.8. The minimum atomic E-state index is -0.281. The van der Waals surface area contributed by atoms with E-state index >= 15 is 0 Å². The second-order valence-corrected chi connectivity index (χ2v) is 7.35. The number of nitrogens with zero attached hydrogens (tertiary/aromatic N) is 2. The third-order valence-corrected chi connectivity index (χ3v) is 6.09. The largest absolute Gasteiger partial charge is 0.469 e. The van der Waals surface area contributed by atoms with Crippen molar-refractivity contribution < 1.29 is 14.3 Å². The van der Waals surface area contributed by atoms with Crippen molar-refractivity contribution in [3.8, 4) is 0 Å². The second kappa shape index (κ2) is 6.22. The summed E-state index contributed by atoms with van der Waals surface area (Å²) in [6.45, 7) is 5.82. The van der Waals surface area contributed by atoms with Crippen molar-refractivity contribution >= 4 is 11.9 Å². The number of carbonyl (C=O) groups excluding carboxylic acids is 2. The molecule has 1 aromatic rings. The molecule has 24 heavy (non-hydrogen) atoms. The van der Waals surface area contributed by atoms with Gasteiger partial charge in [0.15, 0.2) is 0 Å². The van der Waals surface area contributed by atoms with E-state index in [4.69, 9.17) is 4.74 Å². The van der Waals surface area contributed by atoms with Gasteiger partial charge in [-0.2, -0.15) is 5.10 Å². The highest BCUT2D eigenvalue weighted by atomic mass is 16.5. The van der Waals surface area contributed by atoms with Crippen LogP contribution in [-0.4, -0.2) is 34.8 Å². The number of rotatable bonds is 4. The monoisotopic (exact) mass is 333 g/mol. The van der Waals surface area contributed by atoms with Crippen molar-refractivity contribution in [2.24, 2.45) is 24.8 Å². The molecule has 0 aliphatic heterocycles. The smallest absolute Gasteiger partial charge is 0.311 e. The summed E-state index contributed by atoms with van der Waals surface area (Å²) in [5, 5.41) is 7.56. The highest BCUT2D eigenvalue weighted by Crippen LogP contribution is 2.49. The summed E-state index contributed by atoms with van der Waals surface area (Å²) in [7, 11) is 3.32. The lowest BCUT2D eigenvalue weighted by atomic mass is 9.84. The molecule has 1 amide bonds. The number of hydrogen-bond donors (Lipinski definition) is 1. The first kappa shape index (κ1) is 17.0. The molecule has 2 aliphatic rings. The lowest BCUT2D eigenvalue weighted by molar-refractivity contribution is -0.148. The van der Waals surface area contributed by atoms with Crippen LogP contribution in [0.5, 0.6) is 0 Å². The Kier molecular flexibility index (Phi) is 4.40. The van der Waals surface area contributed by atoms with E-state index in [9.17, 15) is 9.59 Å². The third kappa shape index (κ3) is 2.62. The number of amides is 1. The van der Waals surface area contributed by atoms with Gasteiger partial charge in [-0.25, -0.2) is 0 Å². The molecule has 6 nitrogen and oxygen atoms in total. The van der Waals surface area contributed by atoms with Crippen LogP contribution >= 0.6 is 0 Å². The van der Waals surface area contributed by atoms with Crippen molar-refractivity contribution in [1.82, 2.24) is 15.1 Å². The zero-order chi connectivity index (χ0) is 17.6. The summed E-state index contributed by atoms with van der Waals surface area (Å²) in [6.07, 6.45) is 3.17. The van der Waals surface area contributed by atoms with E-state index in [0.717, 1.165) is 36.2 Å². The predicted octanol–water partition coefficient (Wildman–Crippen LogP) is 1.84. The molecule has 0 radical (unpaired) electrons. The topological polar surface area (TPSA) is 73.2 Å². The number of aryl methyl sites for hydroxylation is 2. The van der Waals surface area contributed by atoms with Crippen molar-refractivity contribution in [1.29, 1.82) is 0 Å². The van der Waals surface area contributed by atoms with Crippen LogP contribution in [0.25, 0.3) is 0 Å². The molecule has 0 aromatic carbocycles. The molecule has 6 heteroatoms. The molecule has 2 saturated carbocycles. The van der Waals surface area contributed by atoms with Crippen LogP contribution in [0.1, 0.15) is 49.1 Å². The van der Waals surface area contributed by atoms with Gasteiger partial charge in [0.25, 0.3) is 0 Å². The van der Waals surface area contributed by atoms with Crippen LogP contribution in [0, 0.1) is 31.6 Å². The average Bonchev–Trinajstić information content (AvgIpc) is 3.21. The maximum atomic E-state index is 12.8. The molecule has 2 aliphatic carbocycles. The van der Waals surface area contributed by atoms with Gasteiger partial charge in [-0.1, -0.05) is 0 Å². The SMILES string of the molecule is COC(=O)[C@@H]1[C@H]2CC[C@@H](C2)[C@@H]1NC(=O)[C@@H](C)c1c(C)nn(C)c1C. The van der Waals surface area contributed by atoms with Crippen LogP contribution in [0.4, 0.5) is 0 Å². The van der Waals surface area contributed by atoms with Gasteiger partial charge in [-0.15, -0.1) is 0 Å². The minimum absolute atomic E-state index is 0.0272. The first-order chi connectivity index (χ1) is 11.3. The molecule has 1 heterocycles. The van der Waals surface area contributed by atoms with Crippen molar-refractivity contribution in [3.05, 3.63) is 17.0 Å². The summed E-state index contributed by atoms with van der Waals surface area (Å²) in [6, 6.07) is -0.0940. The van der Waals surface area contributed by atoms with Gasteiger partial charge >= 0.3 is 5.97 Å². The molecule has 3 rings (SSSR count). The molecular formula is C18H27N3O3. The Balaban J connectivity index is 1.77. The lowest BCUT2D eigenvalue weighted by Crippen LogP contribution is -2.48. The fraction of sp³-hybridized carbons (Fsp3) is 0.722. The van der Waals surface area contributed by atoms with Gasteiger partial charge < -0.3 is 10.1 Å². The van der Waals surface area contributed by atoms with E-state index in [0.29, 0.717) is 11.8 Å². The van der Waals surface area contributed by atoms with Crippen LogP contribution in [0.15, 0.2) is 0 Å². The quantitative estimate of drug-likeness (QED) is 0.854. The Hall–Kier alpha value is -1.85. The Morgan fingerprint density at radius 2 is 1.96 bits per heavy atom. The molecule has 2 fully saturated rings. The standard InChI is InChI=1S/C18H27N3O3/c1-9(14-10(2)20-21(4)11(14)3)17(22)19-16-13-7-6-12(8-13)15(16)18(23)24-5/h9,12-13,15-16H,6-8H2,1-5H3,(H,19,22)/t9-,12-,13-,15+,16-/m0/s1. The van der Waals surface area contributed by atoms with Gasteiger partial charge in [0.2, 0.25) is 5.91 Å². The number of esters is 1. The molecule has 2 bridgehead atoms.